The van der Waals surface area contributed by atoms with Gasteiger partial charge in [-0.05, 0) is 39.5 Å². The first-order chi connectivity index (χ1) is 8.13. The van der Waals surface area contributed by atoms with Gasteiger partial charge in [0.2, 0.25) is 0 Å². The van der Waals surface area contributed by atoms with Crippen LogP contribution in [0.25, 0.3) is 0 Å². The second kappa shape index (κ2) is 8.11. The molecule has 0 unspecified atom stereocenters. The summed E-state index contributed by atoms with van der Waals surface area (Å²) in [6.07, 6.45) is 0. The Morgan fingerprint density at radius 2 is 2.00 bits per heavy atom. The predicted molar refractivity (Wildman–Crippen MR) is 77.9 cm³/mol. The van der Waals surface area contributed by atoms with Gasteiger partial charge >= 0.3 is 0 Å². The van der Waals surface area contributed by atoms with Crippen molar-refractivity contribution in [3.63, 3.8) is 0 Å². The molecule has 1 rings (SSSR count). The Bertz CT molecular complexity index is 340. The average Bonchev–Trinajstić information content (AvgIpc) is 2.30. The van der Waals surface area contributed by atoms with E-state index in [1.165, 1.54) is 5.56 Å². The van der Waals surface area contributed by atoms with Crippen molar-refractivity contribution in [2.45, 2.75) is 19.2 Å². The largest absolute Gasteiger partial charge is 0.490 e. The number of benzene rings is 1. The van der Waals surface area contributed by atoms with E-state index < -0.39 is 0 Å². The van der Waals surface area contributed by atoms with Gasteiger partial charge in [-0.3, -0.25) is 0 Å². The van der Waals surface area contributed by atoms with Gasteiger partial charge in [-0.2, -0.15) is 0 Å². The minimum atomic E-state index is 0.569. The lowest BCUT2D eigenvalue weighted by Gasteiger charge is -2.10. The molecule has 96 valence electrons. The van der Waals surface area contributed by atoms with E-state index in [0.29, 0.717) is 19.1 Å². The van der Waals surface area contributed by atoms with Crippen LogP contribution in [-0.4, -0.2) is 19.8 Å². The molecule has 0 aliphatic rings. The van der Waals surface area contributed by atoms with Crippen LogP contribution in [0.5, 0.6) is 5.75 Å². The summed E-state index contributed by atoms with van der Waals surface area (Å²) in [5.41, 5.74) is 1.22. The van der Waals surface area contributed by atoms with E-state index in [9.17, 15) is 0 Å². The summed E-state index contributed by atoms with van der Waals surface area (Å²) in [7, 11) is 0. The topological polar surface area (TPSA) is 18.5 Å². The minimum Gasteiger partial charge on any atom is -0.490 e. The Morgan fingerprint density at radius 1 is 1.24 bits per heavy atom. The zero-order chi connectivity index (χ0) is 12.7. The van der Waals surface area contributed by atoms with E-state index in [1.807, 2.05) is 12.1 Å². The van der Waals surface area contributed by atoms with E-state index >= 15 is 0 Å². The molecule has 0 atom stereocenters. The quantitative estimate of drug-likeness (QED) is 0.526. The summed E-state index contributed by atoms with van der Waals surface area (Å²) < 4.78 is 12.1. The highest BCUT2D eigenvalue weighted by Crippen LogP contribution is 2.26. The smallest absolute Gasteiger partial charge is 0.133 e. The van der Waals surface area contributed by atoms with Crippen molar-refractivity contribution in [1.82, 2.24) is 0 Å². The summed E-state index contributed by atoms with van der Waals surface area (Å²) >= 11 is 6.91. The molecule has 0 aliphatic carbocycles. The molecular formula is C13H18Br2O2. The summed E-state index contributed by atoms with van der Waals surface area (Å²) in [6.45, 7) is 6.27. The fraction of sp³-hybridized carbons (Fsp3) is 0.538. The van der Waals surface area contributed by atoms with Crippen LogP contribution >= 0.6 is 31.9 Å². The number of rotatable bonds is 7. The Labute approximate surface area is 120 Å². The highest BCUT2D eigenvalue weighted by molar-refractivity contribution is 9.10. The van der Waals surface area contributed by atoms with Gasteiger partial charge in [-0.1, -0.05) is 35.8 Å². The molecule has 4 heteroatoms. The third kappa shape index (κ3) is 5.89. The van der Waals surface area contributed by atoms with Crippen molar-refractivity contribution in [3.05, 3.63) is 28.2 Å². The van der Waals surface area contributed by atoms with E-state index in [2.05, 4.69) is 51.8 Å². The van der Waals surface area contributed by atoms with Crippen molar-refractivity contribution >= 4 is 31.9 Å². The van der Waals surface area contributed by atoms with Crippen LogP contribution in [0.3, 0.4) is 0 Å². The molecule has 0 aromatic heterocycles. The molecule has 0 amide bonds. The number of hydrogen-bond donors (Lipinski definition) is 0. The van der Waals surface area contributed by atoms with Crippen molar-refractivity contribution in [2.24, 2.45) is 5.92 Å². The molecule has 17 heavy (non-hydrogen) atoms. The lowest BCUT2D eigenvalue weighted by atomic mass is 10.2. The first-order valence-corrected chi connectivity index (χ1v) is 7.60. The monoisotopic (exact) mass is 364 g/mol. The number of halogens is 2. The Morgan fingerprint density at radius 3 is 2.59 bits per heavy atom. The number of alkyl halides is 1. The maximum Gasteiger partial charge on any atom is 0.133 e. The van der Waals surface area contributed by atoms with Gasteiger partial charge in [0.15, 0.2) is 0 Å². The van der Waals surface area contributed by atoms with Gasteiger partial charge in [0.1, 0.15) is 12.4 Å². The SMILES string of the molecule is CC(C)COCCOc1ccc(CBr)cc1Br. The molecule has 1 aromatic rings. The Kier molecular flexibility index (Phi) is 7.16. The molecule has 0 radical (unpaired) electrons. The number of ether oxygens (including phenoxy) is 2. The van der Waals surface area contributed by atoms with E-state index in [4.69, 9.17) is 9.47 Å². The van der Waals surface area contributed by atoms with Crippen LogP contribution in [0.1, 0.15) is 19.4 Å². The highest BCUT2D eigenvalue weighted by atomic mass is 79.9. The van der Waals surface area contributed by atoms with Crippen molar-refractivity contribution in [1.29, 1.82) is 0 Å². The Hall–Kier alpha value is -0.0600. The standard InChI is InChI=1S/C13H18Br2O2/c1-10(2)9-16-5-6-17-13-4-3-11(8-14)7-12(13)15/h3-4,7,10H,5-6,8-9H2,1-2H3. The summed E-state index contributed by atoms with van der Waals surface area (Å²) in [6, 6.07) is 6.08. The zero-order valence-corrected chi connectivity index (χ0v) is 13.4. The van der Waals surface area contributed by atoms with Crippen molar-refractivity contribution in [2.75, 3.05) is 19.8 Å². The highest BCUT2D eigenvalue weighted by Gasteiger charge is 2.02. The molecule has 0 saturated carbocycles. The third-order valence-electron chi connectivity index (χ3n) is 2.09. The molecule has 0 spiro atoms. The third-order valence-corrected chi connectivity index (χ3v) is 3.35. The first kappa shape index (κ1) is 15.0. The van der Waals surface area contributed by atoms with E-state index in [-0.39, 0.29) is 0 Å². The molecule has 0 aliphatic heterocycles. The zero-order valence-electron chi connectivity index (χ0n) is 10.2. The number of hydrogen-bond acceptors (Lipinski definition) is 2. The molecule has 0 N–H and O–H groups in total. The minimum absolute atomic E-state index is 0.569. The second-order valence-corrected chi connectivity index (χ2v) is 5.63. The van der Waals surface area contributed by atoms with E-state index in [1.54, 1.807) is 0 Å². The van der Waals surface area contributed by atoms with Crippen LogP contribution in [0.4, 0.5) is 0 Å². The van der Waals surface area contributed by atoms with Crippen molar-refractivity contribution in [3.8, 4) is 5.75 Å². The van der Waals surface area contributed by atoms with Gasteiger partial charge in [0.05, 0.1) is 11.1 Å². The molecule has 0 fully saturated rings. The second-order valence-electron chi connectivity index (χ2n) is 4.22. The van der Waals surface area contributed by atoms with Gasteiger partial charge in [-0.15, -0.1) is 0 Å². The molecule has 0 saturated heterocycles. The maximum atomic E-state index is 5.63. The van der Waals surface area contributed by atoms with Crippen LogP contribution in [0.2, 0.25) is 0 Å². The normalized spacial score (nSPS) is 10.9. The Balaban J connectivity index is 2.32. The van der Waals surface area contributed by atoms with E-state index in [0.717, 1.165) is 22.2 Å². The lowest BCUT2D eigenvalue weighted by Crippen LogP contribution is -2.10. The van der Waals surface area contributed by atoms with Gasteiger partial charge in [-0.25, -0.2) is 0 Å². The van der Waals surface area contributed by atoms with Gasteiger partial charge in [0, 0.05) is 11.9 Å². The molecular weight excluding hydrogens is 348 g/mol. The van der Waals surface area contributed by atoms with Gasteiger partial charge < -0.3 is 9.47 Å². The fourth-order valence-electron chi connectivity index (χ4n) is 1.27. The van der Waals surface area contributed by atoms with Crippen LogP contribution in [0.15, 0.2) is 22.7 Å². The van der Waals surface area contributed by atoms with Crippen LogP contribution < -0.4 is 4.74 Å². The summed E-state index contributed by atoms with van der Waals surface area (Å²) in [5.74, 6) is 1.43. The van der Waals surface area contributed by atoms with Gasteiger partial charge in [0.25, 0.3) is 0 Å². The summed E-state index contributed by atoms with van der Waals surface area (Å²) in [5, 5.41) is 0.851. The first-order valence-electron chi connectivity index (χ1n) is 5.68. The molecule has 0 heterocycles. The molecule has 0 bridgehead atoms. The van der Waals surface area contributed by atoms with Crippen LogP contribution in [0, 0.1) is 5.92 Å². The predicted octanol–water partition coefficient (Wildman–Crippen LogP) is 4.40. The maximum absolute atomic E-state index is 5.63. The molecule has 1 aromatic carbocycles. The van der Waals surface area contributed by atoms with Crippen LogP contribution in [-0.2, 0) is 10.1 Å². The molecule has 2 nitrogen and oxygen atoms in total. The lowest BCUT2D eigenvalue weighted by molar-refractivity contribution is 0.0817. The van der Waals surface area contributed by atoms with Crippen molar-refractivity contribution < 1.29 is 9.47 Å². The average molecular weight is 366 g/mol. The summed E-state index contributed by atoms with van der Waals surface area (Å²) in [4.78, 5) is 0. The fourth-order valence-corrected chi connectivity index (χ4v) is 2.16.